The molecule has 0 bridgehead atoms. The Labute approximate surface area is 495 Å². The van der Waals surface area contributed by atoms with Gasteiger partial charge in [0, 0.05) is 32.7 Å². The number of hydrogen-bond acceptors (Lipinski definition) is 9. The molecule has 0 saturated heterocycles. The quantitative estimate of drug-likeness (QED) is 0.0331. The molecule has 6 N–H and O–H groups in total. The first-order valence-electron chi connectivity index (χ1n) is 36.0. The average Bonchev–Trinajstić information content (AvgIpc) is 3.43. The van der Waals surface area contributed by atoms with Crippen LogP contribution in [0.2, 0.25) is 0 Å². The molecule has 0 aliphatic rings. The molecule has 0 amide bonds. The van der Waals surface area contributed by atoms with Crippen LogP contribution in [0.25, 0.3) is 0 Å². The second-order valence-electron chi connectivity index (χ2n) is 25.6. The lowest BCUT2D eigenvalue weighted by Crippen LogP contribution is -2.41. The average molecular weight is 1120 g/mol. The fraction of sp³-hybridized carbons (Fsp3) is 1.00. The Balaban J connectivity index is 5.66. The third kappa shape index (κ3) is 59.2. The summed E-state index contributed by atoms with van der Waals surface area (Å²) >= 11 is 0. The van der Waals surface area contributed by atoms with E-state index in [1.165, 1.54) is 225 Å². The number of aliphatic hydroxyl groups excluding tert-OH is 5. The fourth-order valence-corrected chi connectivity index (χ4v) is 12.0. The molecule has 0 aliphatic heterocycles. The number of nitrogens with one attached hydrogen (secondary N) is 1. The highest BCUT2D eigenvalue weighted by molar-refractivity contribution is 4.74. The van der Waals surface area contributed by atoms with Crippen molar-refractivity contribution >= 4 is 0 Å². The Kier molecular flexibility index (Phi) is 63.4. The number of hydrogen-bond donors (Lipinski definition) is 6. The van der Waals surface area contributed by atoms with Crippen molar-refractivity contribution < 1.29 is 25.5 Å². The number of rotatable bonds is 68. The summed E-state index contributed by atoms with van der Waals surface area (Å²) in [5.74, 6) is 0. The predicted molar refractivity (Wildman–Crippen MR) is 347 cm³/mol. The van der Waals surface area contributed by atoms with Crippen LogP contribution in [0.1, 0.15) is 349 Å². The van der Waals surface area contributed by atoms with Crippen molar-refractivity contribution in [3.05, 3.63) is 0 Å². The molecule has 0 spiro atoms. The second-order valence-corrected chi connectivity index (χ2v) is 25.6. The summed E-state index contributed by atoms with van der Waals surface area (Å²) in [5, 5.41) is 59.8. The van der Waals surface area contributed by atoms with Gasteiger partial charge in [-0.05, 0) is 97.1 Å². The minimum atomic E-state index is -0.367. The van der Waals surface area contributed by atoms with Gasteiger partial charge in [0.15, 0.2) is 0 Å². The Morgan fingerprint density at radius 1 is 0.228 bits per heavy atom. The Morgan fingerprint density at radius 2 is 0.443 bits per heavy atom. The zero-order valence-corrected chi connectivity index (χ0v) is 54.4. The maximum absolute atomic E-state index is 11.5. The molecule has 0 aromatic heterocycles. The van der Waals surface area contributed by atoms with Gasteiger partial charge in [-0.3, -0.25) is 4.90 Å². The smallest absolute Gasteiger partial charge is 0.0667 e. The lowest BCUT2D eigenvalue weighted by atomic mass is 10.0. The van der Waals surface area contributed by atoms with E-state index in [2.05, 4.69) is 54.6 Å². The molecule has 79 heavy (non-hydrogen) atoms. The number of unbranched alkanes of at least 4 members (excludes halogenated alkanes) is 36. The number of aliphatic hydroxyl groups is 5. The lowest BCUT2D eigenvalue weighted by Gasteiger charge is -2.30. The molecule has 0 aromatic carbocycles. The first-order valence-corrected chi connectivity index (χ1v) is 36.0. The molecule has 0 radical (unpaired) electrons. The van der Waals surface area contributed by atoms with E-state index in [9.17, 15) is 25.5 Å². The van der Waals surface area contributed by atoms with Gasteiger partial charge >= 0.3 is 0 Å². The fourth-order valence-electron chi connectivity index (χ4n) is 12.0. The molecule has 0 aromatic rings. The highest BCUT2D eigenvalue weighted by atomic mass is 16.3. The molecule has 0 fully saturated rings. The Hall–Kier alpha value is -0.360. The van der Waals surface area contributed by atoms with Crippen molar-refractivity contribution in [2.45, 2.75) is 380 Å². The van der Waals surface area contributed by atoms with Gasteiger partial charge in [-0.15, -0.1) is 0 Å². The standard InChI is InChI=1S/C70H146N4O5/c1-6-11-16-21-26-31-36-41-50-66(75)61-71-55-48-58-72(62-67(76)51-42-37-32-27-22-17-12-7-2)56-46-47-57-73(63-68(77)52-43-38-33-28-23-18-13-8-3)59-49-60-74(64-69(78)53-44-39-34-29-24-19-14-9-4)65-70(79)54-45-40-35-30-25-20-15-10-5/h66-71,75-79H,6-65H2,1-5H3. The molecular formula is C70H146N4O5. The van der Waals surface area contributed by atoms with Gasteiger partial charge in [0.25, 0.3) is 0 Å². The van der Waals surface area contributed by atoms with Gasteiger partial charge < -0.3 is 40.6 Å². The summed E-state index contributed by atoms with van der Waals surface area (Å²) in [6.45, 7) is 20.2. The van der Waals surface area contributed by atoms with E-state index < -0.39 is 0 Å². The molecule has 9 nitrogen and oxygen atoms in total. The summed E-state index contributed by atoms with van der Waals surface area (Å²) < 4.78 is 0. The molecule has 0 aliphatic carbocycles. The van der Waals surface area contributed by atoms with E-state index in [0.29, 0.717) is 26.2 Å². The zero-order valence-electron chi connectivity index (χ0n) is 54.4. The van der Waals surface area contributed by atoms with Crippen LogP contribution < -0.4 is 5.32 Å². The van der Waals surface area contributed by atoms with E-state index in [1.54, 1.807) is 0 Å². The van der Waals surface area contributed by atoms with Gasteiger partial charge in [-0.25, -0.2) is 0 Å². The van der Waals surface area contributed by atoms with Crippen LogP contribution in [-0.2, 0) is 0 Å². The largest absolute Gasteiger partial charge is 0.392 e. The molecule has 5 unspecified atom stereocenters. The lowest BCUT2D eigenvalue weighted by molar-refractivity contribution is 0.0558. The van der Waals surface area contributed by atoms with Crippen molar-refractivity contribution in [2.75, 3.05) is 72.0 Å². The van der Waals surface area contributed by atoms with Crippen LogP contribution in [0.3, 0.4) is 0 Å². The molecule has 0 saturated carbocycles. The second kappa shape index (κ2) is 63.7. The molecule has 5 atom stereocenters. The maximum atomic E-state index is 11.5. The molecular weight excluding hydrogens is 977 g/mol. The first kappa shape index (κ1) is 78.6. The topological polar surface area (TPSA) is 123 Å². The van der Waals surface area contributed by atoms with E-state index in [0.717, 1.165) is 136 Å². The van der Waals surface area contributed by atoms with Gasteiger partial charge in [0.05, 0.1) is 30.5 Å². The highest BCUT2D eigenvalue weighted by Crippen LogP contribution is 2.18. The van der Waals surface area contributed by atoms with Gasteiger partial charge in [-0.1, -0.05) is 291 Å². The van der Waals surface area contributed by atoms with Crippen molar-refractivity contribution in [1.29, 1.82) is 0 Å². The SMILES string of the molecule is CCCCCCCCCCC(O)CNCCCN(CCCCN(CCCN(CC(O)CCCCCCCCCC)CC(O)CCCCCCCCCC)CC(O)CCCCCCCCCC)CC(O)CCCCCCCCCC. The van der Waals surface area contributed by atoms with Crippen LogP contribution in [0.15, 0.2) is 0 Å². The van der Waals surface area contributed by atoms with Crippen molar-refractivity contribution in [3.8, 4) is 0 Å². The molecule has 0 rings (SSSR count). The summed E-state index contributed by atoms with van der Waals surface area (Å²) in [4.78, 5) is 7.39. The summed E-state index contributed by atoms with van der Waals surface area (Å²) in [7, 11) is 0. The maximum Gasteiger partial charge on any atom is 0.0667 e. The summed E-state index contributed by atoms with van der Waals surface area (Å²) in [5.41, 5.74) is 0. The number of nitrogens with zero attached hydrogens (tertiary/aromatic N) is 3. The highest BCUT2D eigenvalue weighted by Gasteiger charge is 2.19. The molecule has 9 heteroatoms. The van der Waals surface area contributed by atoms with Crippen LogP contribution in [0.4, 0.5) is 0 Å². The van der Waals surface area contributed by atoms with Gasteiger partial charge in [-0.2, -0.15) is 0 Å². The molecule has 0 heterocycles. The summed E-state index contributed by atoms with van der Waals surface area (Å²) in [6.07, 6.45) is 57.8. The van der Waals surface area contributed by atoms with E-state index in [1.807, 2.05) is 0 Å². The van der Waals surface area contributed by atoms with Crippen molar-refractivity contribution in [2.24, 2.45) is 0 Å². The van der Waals surface area contributed by atoms with Gasteiger partial charge in [0.2, 0.25) is 0 Å². The Morgan fingerprint density at radius 3 is 0.734 bits per heavy atom. The minimum Gasteiger partial charge on any atom is -0.392 e. The van der Waals surface area contributed by atoms with Crippen LogP contribution in [0.5, 0.6) is 0 Å². The molecule has 476 valence electrons. The zero-order chi connectivity index (χ0) is 57.8. The monoisotopic (exact) mass is 1120 g/mol. The van der Waals surface area contributed by atoms with Crippen molar-refractivity contribution in [1.82, 2.24) is 20.0 Å². The Bertz CT molecular complexity index is 1110. The van der Waals surface area contributed by atoms with Crippen LogP contribution in [0, 0.1) is 0 Å². The van der Waals surface area contributed by atoms with Crippen molar-refractivity contribution in [3.63, 3.8) is 0 Å². The first-order chi connectivity index (χ1) is 38.7. The van der Waals surface area contributed by atoms with E-state index >= 15 is 0 Å². The van der Waals surface area contributed by atoms with Gasteiger partial charge in [0.1, 0.15) is 0 Å². The third-order valence-corrected chi connectivity index (χ3v) is 17.2. The minimum absolute atomic E-state index is 0.276. The van der Waals surface area contributed by atoms with E-state index in [4.69, 9.17) is 0 Å². The third-order valence-electron chi connectivity index (χ3n) is 17.2. The summed E-state index contributed by atoms with van der Waals surface area (Å²) in [6, 6.07) is 0. The van der Waals surface area contributed by atoms with E-state index in [-0.39, 0.29) is 30.5 Å². The van der Waals surface area contributed by atoms with Crippen LogP contribution in [-0.4, -0.2) is 143 Å². The van der Waals surface area contributed by atoms with Crippen LogP contribution >= 0.6 is 0 Å². The normalized spacial score (nSPS) is 14.1. The predicted octanol–water partition coefficient (Wildman–Crippen LogP) is 17.5.